The Labute approximate surface area is 245 Å². The number of fused-ring (bicyclic) bond motifs is 2. The summed E-state index contributed by atoms with van der Waals surface area (Å²) in [5.41, 5.74) is 11.9. The molecular formula is C32H37FN8O. The van der Waals surface area contributed by atoms with Crippen molar-refractivity contribution in [2.75, 3.05) is 36.4 Å². The number of halogens is 1. The van der Waals surface area contributed by atoms with Crippen molar-refractivity contribution in [3.63, 3.8) is 0 Å². The number of piperazine rings is 1. The highest BCUT2D eigenvalue weighted by Gasteiger charge is 2.31. The average molecular weight is 569 g/mol. The summed E-state index contributed by atoms with van der Waals surface area (Å²) in [5, 5.41) is 9.81. The lowest BCUT2D eigenvalue weighted by Gasteiger charge is -2.36. The Bertz CT molecular complexity index is 1620. The number of benzene rings is 1. The molecule has 5 heterocycles. The second-order valence-corrected chi connectivity index (χ2v) is 10.6. The third kappa shape index (κ3) is 5.29. The molecule has 1 fully saturated rings. The molecule has 4 aromatic rings. The largest absolute Gasteiger partial charge is 0.354 e. The Morgan fingerprint density at radius 3 is 2.67 bits per heavy atom. The molecule has 1 saturated heterocycles. The van der Waals surface area contributed by atoms with E-state index in [0.717, 1.165) is 73.6 Å². The van der Waals surface area contributed by atoms with Gasteiger partial charge in [-0.3, -0.25) is 9.20 Å². The lowest BCUT2D eigenvalue weighted by Crippen LogP contribution is -2.46. The highest BCUT2D eigenvalue weighted by molar-refractivity contribution is 6.06. The second-order valence-electron chi connectivity index (χ2n) is 10.6. The average Bonchev–Trinajstić information content (AvgIpc) is 3.62. The predicted molar refractivity (Wildman–Crippen MR) is 165 cm³/mol. The maximum absolute atomic E-state index is 13.7. The fourth-order valence-corrected chi connectivity index (χ4v) is 5.96. The summed E-state index contributed by atoms with van der Waals surface area (Å²) in [4.78, 5) is 24.8. The zero-order valence-electron chi connectivity index (χ0n) is 24.1. The number of anilines is 3. The van der Waals surface area contributed by atoms with Crippen molar-refractivity contribution in [2.24, 2.45) is 5.73 Å². The maximum Gasteiger partial charge on any atom is 0.254 e. The van der Waals surface area contributed by atoms with Crippen LogP contribution in [0.3, 0.4) is 0 Å². The Balaban J connectivity index is 0.00000173. The maximum atomic E-state index is 13.7. The van der Waals surface area contributed by atoms with E-state index in [2.05, 4.69) is 58.6 Å². The van der Waals surface area contributed by atoms with Gasteiger partial charge in [-0.1, -0.05) is 26.3 Å². The Morgan fingerprint density at radius 2 is 1.93 bits per heavy atom. The number of amides is 1. The van der Waals surface area contributed by atoms with Gasteiger partial charge in [0.2, 0.25) is 0 Å². The van der Waals surface area contributed by atoms with Crippen molar-refractivity contribution in [1.82, 2.24) is 25.0 Å². The fourth-order valence-electron chi connectivity index (χ4n) is 5.96. The number of carbonyl (C=O) groups excluding carboxylic acids is 1. The van der Waals surface area contributed by atoms with Crippen LogP contribution < -0.4 is 26.6 Å². The van der Waals surface area contributed by atoms with Gasteiger partial charge in [0, 0.05) is 61.7 Å². The number of nitrogens with two attached hydrogens (primary N) is 1. The molecule has 2 aliphatic rings. The van der Waals surface area contributed by atoms with Gasteiger partial charge in [0.1, 0.15) is 23.1 Å². The minimum atomic E-state index is -0.458. The number of pyridine rings is 2. The van der Waals surface area contributed by atoms with Crippen molar-refractivity contribution in [2.45, 2.75) is 45.2 Å². The van der Waals surface area contributed by atoms with E-state index in [9.17, 15) is 9.18 Å². The summed E-state index contributed by atoms with van der Waals surface area (Å²) in [5.74, 6) is 1.07. The zero-order chi connectivity index (χ0) is 29.9. The topological polar surface area (TPSA) is 113 Å². The number of rotatable bonds is 8. The van der Waals surface area contributed by atoms with Crippen LogP contribution >= 0.6 is 0 Å². The molecule has 10 heteroatoms. The second kappa shape index (κ2) is 12.2. The lowest BCUT2D eigenvalue weighted by molar-refractivity contribution is 0.0966. The van der Waals surface area contributed by atoms with E-state index in [1.54, 1.807) is 12.4 Å². The summed E-state index contributed by atoms with van der Waals surface area (Å²) < 4.78 is 15.6. The SMILES string of the molecule is C#C.CCCC(N)(CC)c1ccc(Nc2ccc(-c3cnc4cc(F)ccn34)c3c2C(=O)NC3)nc1N1CCNCC1. The lowest BCUT2D eigenvalue weighted by atomic mass is 9.84. The fraction of sp³-hybridized carbons (Fsp3) is 0.344. The van der Waals surface area contributed by atoms with Gasteiger partial charge in [-0.2, -0.15) is 0 Å². The summed E-state index contributed by atoms with van der Waals surface area (Å²) in [7, 11) is 0. The third-order valence-corrected chi connectivity index (χ3v) is 8.13. The van der Waals surface area contributed by atoms with Crippen molar-refractivity contribution < 1.29 is 9.18 Å². The van der Waals surface area contributed by atoms with E-state index in [0.29, 0.717) is 29.3 Å². The molecule has 1 amide bonds. The first kappa shape index (κ1) is 29.0. The summed E-state index contributed by atoms with van der Waals surface area (Å²) in [6.07, 6.45) is 14.1. The Hall–Kier alpha value is -4.46. The van der Waals surface area contributed by atoms with Crippen molar-refractivity contribution in [1.29, 1.82) is 0 Å². The molecule has 0 spiro atoms. The number of nitrogens with one attached hydrogen (secondary N) is 3. The third-order valence-electron chi connectivity index (χ3n) is 8.13. The minimum absolute atomic E-state index is 0.145. The molecule has 5 N–H and O–H groups in total. The first-order valence-electron chi connectivity index (χ1n) is 14.4. The van der Waals surface area contributed by atoms with Gasteiger partial charge in [0.25, 0.3) is 5.91 Å². The highest BCUT2D eigenvalue weighted by atomic mass is 19.1. The van der Waals surface area contributed by atoms with Crippen LogP contribution in [0.1, 0.15) is 54.6 Å². The van der Waals surface area contributed by atoms with Gasteiger partial charge in [-0.05, 0) is 42.7 Å². The predicted octanol–water partition coefficient (Wildman–Crippen LogP) is 4.55. The van der Waals surface area contributed by atoms with Crippen LogP contribution in [0.25, 0.3) is 16.9 Å². The molecule has 0 aliphatic carbocycles. The minimum Gasteiger partial charge on any atom is -0.354 e. The number of aromatic nitrogens is 3. The Morgan fingerprint density at radius 1 is 1.14 bits per heavy atom. The van der Waals surface area contributed by atoms with Crippen LogP contribution in [0.4, 0.5) is 21.7 Å². The summed E-state index contributed by atoms with van der Waals surface area (Å²) in [6.45, 7) is 8.17. The van der Waals surface area contributed by atoms with E-state index in [4.69, 9.17) is 10.7 Å². The molecule has 0 radical (unpaired) electrons. The number of imidazole rings is 1. The molecule has 0 bridgehead atoms. The van der Waals surface area contributed by atoms with E-state index < -0.39 is 5.54 Å². The number of hydrogen-bond acceptors (Lipinski definition) is 7. The smallest absolute Gasteiger partial charge is 0.254 e. The molecule has 2 aliphatic heterocycles. The summed E-state index contributed by atoms with van der Waals surface area (Å²) >= 11 is 0. The molecule has 1 atom stereocenters. The van der Waals surface area contributed by atoms with Crippen LogP contribution in [-0.2, 0) is 12.1 Å². The monoisotopic (exact) mass is 568 g/mol. The number of carbonyl (C=O) groups is 1. The van der Waals surface area contributed by atoms with Crippen molar-refractivity contribution in [3.05, 3.63) is 71.3 Å². The molecule has 42 heavy (non-hydrogen) atoms. The standard InChI is InChI=1S/C30H35FN8O.C2H2/c1-3-10-30(32,4-2)22-6-8-25(37-28(22)38-14-11-33-12-15-38)36-23-7-5-20(21-17-35-29(40)27(21)23)24-18-34-26-16-19(31)9-13-39(24)26;1-2/h5-9,13,16,18,33H,3-4,10-12,14-15,17,32H2,1-2H3,(H,35,40)(H,36,37);1-2H. The van der Waals surface area contributed by atoms with Gasteiger partial charge < -0.3 is 26.6 Å². The van der Waals surface area contributed by atoms with Crippen LogP contribution in [0.15, 0.2) is 48.8 Å². The van der Waals surface area contributed by atoms with Crippen molar-refractivity contribution >= 4 is 28.9 Å². The van der Waals surface area contributed by atoms with E-state index in [1.807, 2.05) is 22.6 Å². The van der Waals surface area contributed by atoms with Gasteiger partial charge in [-0.15, -0.1) is 12.8 Å². The quantitative estimate of drug-likeness (QED) is 0.231. The van der Waals surface area contributed by atoms with Crippen LogP contribution in [0.2, 0.25) is 0 Å². The van der Waals surface area contributed by atoms with Gasteiger partial charge >= 0.3 is 0 Å². The van der Waals surface area contributed by atoms with Gasteiger partial charge in [0.15, 0.2) is 0 Å². The molecule has 0 saturated carbocycles. The normalized spacial score (nSPS) is 15.9. The number of hydrogen-bond donors (Lipinski definition) is 4. The van der Waals surface area contributed by atoms with Gasteiger partial charge in [-0.25, -0.2) is 14.4 Å². The number of nitrogens with zero attached hydrogens (tertiary/aromatic N) is 4. The molecular weight excluding hydrogens is 531 g/mol. The first-order chi connectivity index (χ1) is 20.4. The molecule has 3 aromatic heterocycles. The van der Waals surface area contributed by atoms with Crippen molar-refractivity contribution in [3.8, 4) is 24.1 Å². The molecule has 218 valence electrons. The molecule has 1 aromatic carbocycles. The summed E-state index contributed by atoms with van der Waals surface area (Å²) in [6, 6.07) is 10.7. The molecule has 1 unspecified atom stereocenters. The van der Waals surface area contributed by atoms with E-state index in [1.165, 1.54) is 12.1 Å². The Kier molecular flexibility index (Phi) is 8.43. The number of terminal acetylenes is 1. The zero-order valence-corrected chi connectivity index (χ0v) is 24.1. The van der Waals surface area contributed by atoms with E-state index in [-0.39, 0.29) is 11.7 Å². The van der Waals surface area contributed by atoms with Gasteiger partial charge in [0.05, 0.1) is 23.1 Å². The first-order valence-corrected chi connectivity index (χ1v) is 14.4. The van der Waals surface area contributed by atoms with Crippen LogP contribution in [0, 0.1) is 18.7 Å². The van der Waals surface area contributed by atoms with Crippen LogP contribution in [0.5, 0.6) is 0 Å². The van der Waals surface area contributed by atoms with E-state index >= 15 is 0 Å². The van der Waals surface area contributed by atoms with Crippen LogP contribution in [-0.4, -0.2) is 46.5 Å². The molecule has 6 rings (SSSR count). The molecule has 9 nitrogen and oxygen atoms in total. The highest BCUT2D eigenvalue weighted by Crippen LogP contribution is 2.38.